The number of benzene rings is 3. The molecule has 0 aliphatic rings. The minimum absolute atomic E-state index is 0.00175. The van der Waals surface area contributed by atoms with Gasteiger partial charge in [-0.25, -0.2) is 4.79 Å². The number of hydrogen-bond donors (Lipinski definition) is 3. The highest BCUT2D eigenvalue weighted by Gasteiger charge is 2.36. The van der Waals surface area contributed by atoms with Gasteiger partial charge in [-0.15, -0.1) is 0 Å². The molecule has 196 valence electrons. The fourth-order valence-corrected chi connectivity index (χ4v) is 4.42. The molecular weight excluding hydrogens is 496 g/mol. The molecule has 4 N–H and O–H groups in total. The first-order valence-corrected chi connectivity index (χ1v) is 12.4. The van der Waals surface area contributed by atoms with E-state index >= 15 is 0 Å². The number of pyridine rings is 1. The van der Waals surface area contributed by atoms with Crippen LogP contribution in [0.25, 0.3) is 21.8 Å². The van der Waals surface area contributed by atoms with Gasteiger partial charge in [-0.05, 0) is 61.4 Å². The van der Waals surface area contributed by atoms with Crippen LogP contribution in [0.4, 0.5) is 0 Å². The van der Waals surface area contributed by atoms with E-state index in [0.29, 0.717) is 10.9 Å². The molecule has 0 aliphatic heterocycles. The summed E-state index contributed by atoms with van der Waals surface area (Å²) in [6.07, 6.45) is 3.29. The van der Waals surface area contributed by atoms with Crippen LogP contribution >= 0.6 is 0 Å². The number of fused-ring (bicyclic) bond motifs is 2. The van der Waals surface area contributed by atoms with Crippen LogP contribution in [0.2, 0.25) is 0 Å². The number of nitrogens with one attached hydrogen (secondary N) is 1. The number of carbonyl (C=O) groups excluding carboxylic acids is 3. The van der Waals surface area contributed by atoms with Crippen LogP contribution in [0.3, 0.4) is 0 Å². The fraction of sp³-hybridized carbons (Fsp3) is 0.133. The topological polar surface area (TPSA) is 139 Å². The number of aromatic amines is 1. The number of phenolic OH excluding ortho intramolecular Hbond substituents is 1. The van der Waals surface area contributed by atoms with Crippen LogP contribution < -0.4 is 10.5 Å². The fourth-order valence-electron chi connectivity index (χ4n) is 4.42. The number of hydrogen-bond acceptors (Lipinski definition) is 7. The van der Waals surface area contributed by atoms with E-state index in [-0.39, 0.29) is 23.5 Å². The van der Waals surface area contributed by atoms with Gasteiger partial charge >= 0.3 is 5.97 Å². The summed E-state index contributed by atoms with van der Waals surface area (Å²) in [4.78, 5) is 48.9. The summed E-state index contributed by atoms with van der Waals surface area (Å²) >= 11 is 0. The van der Waals surface area contributed by atoms with Crippen molar-refractivity contribution in [3.8, 4) is 11.5 Å². The van der Waals surface area contributed by atoms with Gasteiger partial charge < -0.3 is 20.6 Å². The third-order valence-corrected chi connectivity index (χ3v) is 6.51. The molecule has 0 aliphatic carbocycles. The van der Waals surface area contributed by atoms with E-state index in [0.717, 1.165) is 21.4 Å². The average Bonchev–Trinajstić information content (AvgIpc) is 3.36. The Hall–Kier alpha value is -5.02. The monoisotopic (exact) mass is 522 g/mol. The van der Waals surface area contributed by atoms with E-state index in [9.17, 15) is 19.5 Å². The normalized spacial score (nSPS) is 12.7. The van der Waals surface area contributed by atoms with Gasteiger partial charge in [0.05, 0.1) is 17.1 Å². The molecule has 0 saturated carbocycles. The number of imide groups is 1. The van der Waals surface area contributed by atoms with E-state index in [1.807, 2.05) is 36.4 Å². The van der Waals surface area contributed by atoms with Crippen LogP contribution in [0, 0.1) is 0 Å². The van der Waals surface area contributed by atoms with Crippen molar-refractivity contribution in [1.82, 2.24) is 14.9 Å². The summed E-state index contributed by atoms with van der Waals surface area (Å²) in [6.45, 7) is 1.41. The van der Waals surface area contributed by atoms with Crippen LogP contribution in [-0.2, 0) is 16.0 Å². The molecule has 5 rings (SSSR count). The number of para-hydroxylation sites is 2. The standard InChI is InChI=1S/C30H26N4O5/c1-18(30(38)39-23-12-10-22(35)11-13-23)34(28(36)21-14-19-6-2-4-8-26(19)32-17-21)29(37)25(31)15-20-16-33-27-9-5-3-7-24(20)27/h2-14,16-18,25,33,35H,15,31H2,1H3/t18-,25+/m1/s1. The zero-order chi connectivity index (χ0) is 27.5. The smallest absolute Gasteiger partial charge is 0.334 e. The number of rotatable bonds is 7. The lowest BCUT2D eigenvalue weighted by molar-refractivity contribution is -0.145. The summed E-state index contributed by atoms with van der Waals surface area (Å²) in [6, 6.07) is 19.6. The Kier molecular flexibility index (Phi) is 7.07. The Bertz CT molecular complexity index is 1680. The molecule has 2 aromatic heterocycles. The number of aromatic nitrogens is 2. The molecule has 0 spiro atoms. The summed E-state index contributed by atoms with van der Waals surface area (Å²) in [5.74, 6) is -2.13. The first-order chi connectivity index (χ1) is 18.8. The largest absolute Gasteiger partial charge is 0.508 e. The van der Waals surface area contributed by atoms with E-state index in [1.165, 1.54) is 37.4 Å². The van der Waals surface area contributed by atoms with Crippen LogP contribution in [0.5, 0.6) is 11.5 Å². The van der Waals surface area contributed by atoms with Crippen molar-refractivity contribution in [2.24, 2.45) is 5.73 Å². The van der Waals surface area contributed by atoms with E-state index < -0.39 is 29.9 Å². The number of ether oxygens (including phenoxy) is 1. The minimum atomic E-state index is -1.31. The lowest BCUT2D eigenvalue weighted by Gasteiger charge is -2.28. The molecule has 2 amide bonds. The molecule has 0 fully saturated rings. The molecule has 2 heterocycles. The van der Waals surface area contributed by atoms with Crippen LogP contribution in [0.1, 0.15) is 22.8 Å². The summed E-state index contributed by atoms with van der Waals surface area (Å²) in [5.41, 5.74) is 8.88. The highest BCUT2D eigenvalue weighted by molar-refractivity contribution is 6.09. The second-order valence-electron chi connectivity index (χ2n) is 9.19. The maximum atomic E-state index is 13.8. The van der Waals surface area contributed by atoms with Crippen molar-refractivity contribution in [2.75, 3.05) is 0 Å². The Labute approximate surface area is 223 Å². The van der Waals surface area contributed by atoms with Crippen molar-refractivity contribution < 1.29 is 24.2 Å². The maximum Gasteiger partial charge on any atom is 0.334 e. The number of nitrogens with zero attached hydrogens (tertiary/aromatic N) is 2. The number of H-pyrrole nitrogens is 1. The molecule has 9 heteroatoms. The number of aromatic hydroxyl groups is 1. The van der Waals surface area contributed by atoms with Gasteiger partial charge in [-0.3, -0.25) is 19.5 Å². The Balaban J connectivity index is 1.45. The van der Waals surface area contributed by atoms with Gasteiger partial charge in [0.2, 0.25) is 5.91 Å². The zero-order valence-electron chi connectivity index (χ0n) is 21.1. The second-order valence-corrected chi connectivity index (χ2v) is 9.19. The lowest BCUT2D eigenvalue weighted by Crippen LogP contribution is -2.54. The number of carbonyl (C=O) groups is 3. The predicted octanol–water partition coefficient (Wildman–Crippen LogP) is 3.95. The number of phenols is 1. The highest BCUT2D eigenvalue weighted by atomic mass is 16.5. The van der Waals surface area contributed by atoms with Gasteiger partial charge in [-0.2, -0.15) is 0 Å². The molecule has 0 unspecified atom stereocenters. The van der Waals surface area contributed by atoms with Crippen molar-refractivity contribution >= 4 is 39.6 Å². The summed E-state index contributed by atoms with van der Waals surface area (Å²) < 4.78 is 5.40. The Morgan fingerprint density at radius 1 is 1.03 bits per heavy atom. The van der Waals surface area contributed by atoms with Gasteiger partial charge in [0.15, 0.2) is 0 Å². The molecule has 0 radical (unpaired) electrons. The predicted molar refractivity (Wildman–Crippen MR) is 146 cm³/mol. The third kappa shape index (κ3) is 5.34. The first kappa shape index (κ1) is 25.6. The SMILES string of the molecule is C[C@H](C(=O)Oc1ccc(O)cc1)N(C(=O)c1cnc2ccccc2c1)C(=O)[C@@H](N)Cc1c[nH]c2ccccc12. The lowest BCUT2D eigenvalue weighted by atomic mass is 10.0. The van der Waals surface area contributed by atoms with Crippen molar-refractivity contribution in [3.63, 3.8) is 0 Å². The molecule has 39 heavy (non-hydrogen) atoms. The molecule has 0 saturated heterocycles. The van der Waals surface area contributed by atoms with Gasteiger partial charge in [0.25, 0.3) is 5.91 Å². The van der Waals surface area contributed by atoms with Crippen LogP contribution in [0.15, 0.2) is 91.3 Å². The van der Waals surface area contributed by atoms with Gasteiger partial charge in [-0.1, -0.05) is 36.4 Å². The van der Waals surface area contributed by atoms with Gasteiger partial charge in [0.1, 0.15) is 17.5 Å². The molecule has 9 nitrogen and oxygen atoms in total. The van der Waals surface area contributed by atoms with Crippen molar-refractivity contribution in [1.29, 1.82) is 0 Å². The first-order valence-electron chi connectivity index (χ1n) is 12.4. The summed E-state index contributed by atoms with van der Waals surface area (Å²) in [7, 11) is 0. The Morgan fingerprint density at radius 3 is 2.54 bits per heavy atom. The minimum Gasteiger partial charge on any atom is -0.508 e. The van der Waals surface area contributed by atoms with E-state index in [2.05, 4.69) is 9.97 Å². The molecule has 0 bridgehead atoms. The molecular formula is C30H26N4O5. The number of nitrogens with two attached hydrogens (primary N) is 1. The average molecular weight is 523 g/mol. The third-order valence-electron chi connectivity index (χ3n) is 6.51. The Morgan fingerprint density at radius 2 is 1.74 bits per heavy atom. The quantitative estimate of drug-likeness (QED) is 0.217. The van der Waals surface area contributed by atoms with Crippen molar-refractivity contribution in [3.05, 3.63) is 102 Å². The van der Waals surface area contributed by atoms with E-state index in [1.54, 1.807) is 24.4 Å². The van der Waals surface area contributed by atoms with Crippen LogP contribution in [-0.4, -0.2) is 49.8 Å². The number of esters is 1. The summed E-state index contributed by atoms with van der Waals surface area (Å²) in [5, 5.41) is 11.1. The zero-order valence-corrected chi connectivity index (χ0v) is 21.1. The van der Waals surface area contributed by atoms with Gasteiger partial charge in [0, 0.05) is 28.7 Å². The maximum absolute atomic E-state index is 13.8. The van der Waals surface area contributed by atoms with Crippen molar-refractivity contribution in [2.45, 2.75) is 25.4 Å². The molecule has 2 atom stereocenters. The number of amides is 2. The molecule has 5 aromatic rings. The molecule has 3 aromatic carbocycles. The van der Waals surface area contributed by atoms with E-state index in [4.69, 9.17) is 10.5 Å². The second kappa shape index (κ2) is 10.8. The highest BCUT2D eigenvalue weighted by Crippen LogP contribution is 2.22.